The Morgan fingerprint density at radius 3 is 2.39 bits per heavy atom. The maximum absolute atomic E-state index is 13.9. The fourth-order valence-electron chi connectivity index (χ4n) is 6.20. The van der Waals surface area contributed by atoms with Crippen molar-refractivity contribution in [1.82, 2.24) is 4.90 Å². The van der Waals surface area contributed by atoms with Crippen LogP contribution in [0.2, 0.25) is 0 Å². The number of fused-ring (bicyclic) bond motifs is 3. The number of anilines is 1. The molecule has 0 bridgehead atoms. The number of nitrogens with zero attached hydrogens (tertiary/aromatic N) is 3. The topological polar surface area (TPSA) is 64.4 Å². The lowest BCUT2D eigenvalue weighted by Crippen LogP contribution is -2.54. The van der Waals surface area contributed by atoms with Gasteiger partial charge in [0.1, 0.15) is 0 Å². The number of carbonyl (C=O) groups is 2. The molecule has 1 aliphatic heterocycles. The molecule has 0 N–H and O–H groups in total. The Balaban J connectivity index is 1.57. The van der Waals surface area contributed by atoms with Crippen molar-refractivity contribution in [3.05, 3.63) is 69.3 Å². The van der Waals surface area contributed by atoms with Gasteiger partial charge < -0.3 is 4.90 Å². The smallest absolute Gasteiger partial charge is 0.193 e. The molecule has 0 unspecified atom stereocenters. The highest BCUT2D eigenvalue weighted by atomic mass is 16.1. The Hall–Kier alpha value is -3.23. The number of hydrogen-bond donors (Lipinski definition) is 0. The normalized spacial score (nSPS) is 19.0. The number of Topliss-reactive ketones (excluding diaryl/α,β-unsaturated/α-hetero) is 2. The van der Waals surface area contributed by atoms with Crippen LogP contribution in [-0.2, 0) is 11.8 Å². The van der Waals surface area contributed by atoms with Crippen LogP contribution in [0.4, 0.5) is 5.69 Å². The molecular weight excluding hydrogens is 446 g/mol. The molecule has 5 nitrogen and oxygen atoms in total. The van der Waals surface area contributed by atoms with E-state index < -0.39 is 0 Å². The van der Waals surface area contributed by atoms with Gasteiger partial charge in [0.25, 0.3) is 0 Å². The molecule has 0 spiro atoms. The monoisotopic (exact) mass is 481 g/mol. The predicted octanol–water partition coefficient (Wildman–Crippen LogP) is 5.56. The third-order valence-electron chi connectivity index (χ3n) is 8.93. The number of allylic oxidation sites excluding steroid dienone is 2. The summed E-state index contributed by atoms with van der Waals surface area (Å²) in [5, 5.41) is 9.37. The Morgan fingerprint density at radius 2 is 1.78 bits per heavy atom. The van der Waals surface area contributed by atoms with Crippen molar-refractivity contribution in [2.24, 2.45) is 0 Å². The number of benzene rings is 2. The Labute approximate surface area is 214 Å². The van der Waals surface area contributed by atoms with Crippen LogP contribution in [0.15, 0.2) is 35.9 Å². The maximum atomic E-state index is 13.9. The molecule has 0 radical (unpaired) electrons. The van der Waals surface area contributed by atoms with E-state index in [0.717, 1.165) is 66.1 Å². The van der Waals surface area contributed by atoms with E-state index in [-0.39, 0.29) is 22.5 Å². The Bertz CT molecular complexity index is 1360. The van der Waals surface area contributed by atoms with E-state index >= 15 is 0 Å². The van der Waals surface area contributed by atoms with Crippen LogP contribution in [0.1, 0.15) is 90.9 Å². The van der Waals surface area contributed by atoms with Gasteiger partial charge in [-0.1, -0.05) is 26.8 Å². The quantitative estimate of drug-likeness (QED) is 0.535. The highest BCUT2D eigenvalue weighted by Crippen LogP contribution is 2.51. The van der Waals surface area contributed by atoms with Gasteiger partial charge in [-0.05, 0) is 80.1 Å². The summed E-state index contributed by atoms with van der Waals surface area (Å²) >= 11 is 0. The summed E-state index contributed by atoms with van der Waals surface area (Å²) < 4.78 is 0. The summed E-state index contributed by atoms with van der Waals surface area (Å²) in [4.78, 5) is 31.6. The van der Waals surface area contributed by atoms with Gasteiger partial charge >= 0.3 is 0 Å². The molecule has 1 heterocycles. The van der Waals surface area contributed by atoms with Crippen molar-refractivity contribution < 1.29 is 9.59 Å². The van der Waals surface area contributed by atoms with Crippen molar-refractivity contribution in [2.45, 2.75) is 65.3 Å². The molecule has 2 aliphatic carbocycles. The van der Waals surface area contributed by atoms with E-state index in [4.69, 9.17) is 0 Å². The van der Waals surface area contributed by atoms with Gasteiger partial charge in [-0.15, -0.1) is 0 Å². The summed E-state index contributed by atoms with van der Waals surface area (Å²) in [5.41, 5.74) is 7.45. The van der Waals surface area contributed by atoms with Crippen LogP contribution in [0.5, 0.6) is 0 Å². The SMILES string of the molecule is CCC(C)(C)N1CCN(c2cc3c(cc2C(C)=O)C(=O)C2=C(Cc4cc(C#N)ccc42)C3(C)C)CC1. The van der Waals surface area contributed by atoms with Crippen LogP contribution in [0.25, 0.3) is 5.57 Å². The van der Waals surface area contributed by atoms with Crippen LogP contribution in [0.3, 0.4) is 0 Å². The largest absolute Gasteiger partial charge is 0.368 e. The molecule has 3 aliphatic rings. The summed E-state index contributed by atoms with van der Waals surface area (Å²) in [6.07, 6.45) is 1.77. The van der Waals surface area contributed by atoms with Gasteiger partial charge in [0.15, 0.2) is 11.6 Å². The van der Waals surface area contributed by atoms with E-state index in [1.165, 1.54) is 0 Å². The Morgan fingerprint density at radius 1 is 1.08 bits per heavy atom. The lowest BCUT2D eigenvalue weighted by Gasteiger charge is -2.45. The molecule has 36 heavy (non-hydrogen) atoms. The first kappa shape index (κ1) is 24.5. The molecule has 0 saturated carbocycles. The van der Waals surface area contributed by atoms with Crippen molar-refractivity contribution in [3.8, 4) is 6.07 Å². The first-order valence-electron chi connectivity index (χ1n) is 13.0. The molecule has 0 aromatic heterocycles. The second-order valence-electron chi connectivity index (χ2n) is 11.6. The van der Waals surface area contributed by atoms with Crippen molar-refractivity contribution in [1.29, 1.82) is 5.26 Å². The summed E-state index contributed by atoms with van der Waals surface area (Å²) in [6, 6.07) is 11.8. The lowest BCUT2D eigenvalue weighted by atomic mass is 9.68. The third-order valence-corrected chi connectivity index (χ3v) is 8.93. The first-order valence-corrected chi connectivity index (χ1v) is 13.0. The summed E-state index contributed by atoms with van der Waals surface area (Å²) in [6.45, 7) is 16.4. The van der Waals surface area contributed by atoms with Crippen LogP contribution < -0.4 is 4.90 Å². The number of rotatable bonds is 4. The average molecular weight is 482 g/mol. The van der Waals surface area contributed by atoms with Crippen LogP contribution in [-0.4, -0.2) is 48.2 Å². The van der Waals surface area contributed by atoms with Gasteiger partial charge in [-0.2, -0.15) is 5.26 Å². The van der Waals surface area contributed by atoms with Crippen molar-refractivity contribution >= 4 is 22.8 Å². The number of carbonyl (C=O) groups excluding carboxylic acids is 2. The Kier molecular flexibility index (Phi) is 5.72. The number of hydrogen-bond acceptors (Lipinski definition) is 5. The number of nitriles is 1. The molecule has 2 aromatic carbocycles. The standard InChI is InChI=1S/C31H35N3O2/c1-7-30(3,4)34-12-10-33(11-13-34)27-17-25-24(16-23(27)19(2)35)29(36)28-22-9-8-20(18-32)14-21(22)15-26(28)31(25,5)6/h8-9,14,16-17H,7,10-13,15H2,1-6H3. The van der Waals surface area contributed by atoms with E-state index in [0.29, 0.717) is 23.1 Å². The lowest BCUT2D eigenvalue weighted by molar-refractivity contribution is 0.101. The van der Waals surface area contributed by atoms with E-state index in [2.05, 4.69) is 56.6 Å². The summed E-state index contributed by atoms with van der Waals surface area (Å²) in [7, 11) is 0. The van der Waals surface area contributed by atoms with Crippen LogP contribution >= 0.6 is 0 Å². The highest BCUT2D eigenvalue weighted by Gasteiger charge is 2.44. The zero-order valence-electron chi connectivity index (χ0n) is 22.3. The second kappa shape index (κ2) is 8.42. The first-order chi connectivity index (χ1) is 17.0. The van der Waals surface area contributed by atoms with Gasteiger partial charge in [0, 0.05) is 59.5 Å². The maximum Gasteiger partial charge on any atom is 0.193 e. The van der Waals surface area contributed by atoms with Gasteiger partial charge in [0.2, 0.25) is 0 Å². The van der Waals surface area contributed by atoms with Gasteiger partial charge in [-0.25, -0.2) is 0 Å². The fourth-order valence-corrected chi connectivity index (χ4v) is 6.20. The second-order valence-corrected chi connectivity index (χ2v) is 11.6. The predicted molar refractivity (Wildman–Crippen MR) is 144 cm³/mol. The molecule has 0 amide bonds. The zero-order valence-corrected chi connectivity index (χ0v) is 22.3. The van der Waals surface area contributed by atoms with Crippen molar-refractivity contribution in [3.63, 3.8) is 0 Å². The minimum atomic E-state index is -0.361. The van der Waals surface area contributed by atoms with Crippen molar-refractivity contribution in [2.75, 3.05) is 31.1 Å². The van der Waals surface area contributed by atoms with E-state index in [9.17, 15) is 14.9 Å². The molecule has 0 atom stereocenters. The number of ketones is 2. The minimum Gasteiger partial charge on any atom is -0.368 e. The van der Waals surface area contributed by atoms with Crippen LogP contribution in [0, 0.1) is 11.3 Å². The third kappa shape index (κ3) is 3.62. The number of piperazine rings is 1. The molecule has 2 aromatic rings. The molecule has 1 saturated heterocycles. The molecule has 5 heteroatoms. The molecule has 186 valence electrons. The van der Waals surface area contributed by atoms with Gasteiger partial charge in [0.05, 0.1) is 11.6 Å². The zero-order chi connectivity index (χ0) is 26.0. The molecule has 5 rings (SSSR count). The van der Waals surface area contributed by atoms with Gasteiger partial charge in [-0.3, -0.25) is 14.5 Å². The minimum absolute atomic E-state index is 0.00801. The average Bonchev–Trinajstić information content (AvgIpc) is 3.27. The summed E-state index contributed by atoms with van der Waals surface area (Å²) in [5.74, 6) is -0.0219. The van der Waals surface area contributed by atoms with E-state index in [1.54, 1.807) is 13.0 Å². The van der Waals surface area contributed by atoms with E-state index in [1.807, 2.05) is 18.2 Å². The molecular formula is C31H35N3O2. The fraction of sp³-hybridized carbons (Fsp3) is 0.452. The highest BCUT2D eigenvalue weighted by molar-refractivity contribution is 6.33. The molecule has 1 fully saturated rings.